The lowest BCUT2D eigenvalue weighted by molar-refractivity contribution is 0.0697. The zero-order valence-corrected chi connectivity index (χ0v) is 15.1. The van der Waals surface area contributed by atoms with E-state index < -0.39 is 26.6 Å². The van der Waals surface area contributed by atoms with Gasteiger partial charge in [0.15, 0.2) is 4.90 Å². The molecule has 1 fully saturated rings. The van der Waals surface area contributed by atoms with Gasteiger partial charge in [-0.3, -0.25) is 4.79 Å². The fourth-order valence-corrected chi connectivity index (χ4v) is 4.42. The Morgan fingerprint density at radius 2 is 1.46 bits per heavy atom. The molecule has 2 aromatic carbocycles. The normalized spacial score (nSPS) is 15.9. The van der Waals surface area contributed by atoms with Crippen LogP contribution in [0.15, 0.2) is 47.4 Å². The first-order chi connectivity index (χ1) is 12.3. The first-order valence-corrected chi connectivity index (χ1v) is 9.61. The Labute approximate surface area is 154 Å². The topological polar surface area (TPSA) is 57.7 Å². The summed E-state index contributed by atoms with van der Waals surface area (Å²) in [4.78, 5) is 13.0. The van der Waals surface area contributed by atoms with Gasteiger partial charge in [0.2, 0.25) is 10.0 Å². The van der Waals surface area contributed by atoms with Crippen LogP contribution in [-0.4, -0.2) is 49.7 Å². The quantitative estimate of drug-likeness (QED) is 0.796. The third kappa shape index (κ3) is 3.58. The van der Waals surface area contributed by atoms with Crippen LogP contribution in [0, 0.1) is 11.6 Å². The maximum Gasteiger partial charge on any atom is 0.253 e. The van der Waals surface area contributed by atoms with Crippen molar-refractivity contribution >= 4 is 27.5 Å². The Balaban J connectivity index is 1.74. The predicted octanol–water partition coefficient (Wildman–Crippen LogP) is 2.76. The summed E-state index contributed by atoms with van der Waals surface area (Å²) in [6.07, 6.45) is 0. The zero-order valence-electron chi connectivity index (χ0n) is 13.5. The van der Waals surface area contributed by atoms with Crippen molar-refractivity contribution in [1.82, 2.24) is 9.21 Å². The Kier molecular flexibility index (Phi) is 5.27. The first-order valence-electron chi connectivity index (χ1n) is 7.80. The largest absolute Gasteiger partial charge is 0.336 e. The molecule has 0 aliphatic carbocycles. The molecule has 2 aromatic rings. The van der Waals surface area contributed by atoms with Gasteiger partial charge >= 0.3 is 0 Å². The van der Waals surface area contributed by atoms with E-state index in [9.17, 15) is 22.0 Å². The van der Waals surface area contributed by atoms with E-state index in [0.29, 0.717) is 10.6 Å². The van der Waals surface area contributed by atoms with Gasteiger partial charge in [0, 0.05) is 36.8 Å². The second-order valence-electron chi connectivity index (χ2n) is 5.75. The summed E-state index contributed by atoms with van der Waals surface area (Å²) in [6, 6.07) is 9.26. The van der Waals surface area contributed by atoms with E-state index in [4.69, 9.17) is 11.6 Å². The van der Waals surface area contributed by atoms with E-state index in [1.54, 1.807) is 24.3 Å². The minimum atomic E-state index is -4.31. The van der Waals surface area contributed by atoms with Crippen molar-refractivity contribution in [3.63, 3.8) is 0 Å². The van der Waals surface area contributed by atoms with Crippen molar-refractivity contribution in [2.75, 3.05) is 26.2 Å². The summed E-state index contributed by atoms with van der Waals surface area (Å²) in [5.74, 6) is -2.52. The van der Waals surface area contributed by atoms with E-state index in [1.807, 2.05) is 0 Å². The van der Waals surface area contributed by atoms with E-state index in [0.717, 1.165) is 22.5 Å². The molecule has 0 atom stereocenters. The molecular weight excluding hydrogens is 386 g/mol. The summed E-state index contributed by atoms with van der Waals surface area (Å²) in [5, 5.41) is 0.504. The van der Waals surface area contributed by atoms with Gasteiger partial charge in [-0.15, -0.1) is 0 Å². The average molecular weight is 401 g/mol. The highest BCUT2D eigenvalue weighted by Gasteiger charge is 2.34. The molecule has 1 aliphatic heterocycles. The molecular formula is C17H15ClF2N2O3S. The van der Waals surface area contributed by atoms with E-state index in [-0.39, 0.29) is 32.1 Å². The van der Waals surface area contributed by atoms with Gasteiger partial charge in [0.1, 0.15) is 11.6 Å². The Hall–Kier alpha value is -2.03. The van der Waals surface area contributed by atoms with Crippen LogP contribution in [-0.2, 0) is 10.0 Å². The summed E-state index contributed by atoms with van der Waals surface area (Å²) >= 11 is 5.80. The number of amides is 1. The highest BCUT2D eigenvalue weighted by atomic mass is 35.5. The number of hydrogen-bond donors (Lipinski definition) is 0. The van der Waals surface area contributed by atoms with Crippen LogP contribution >= 0.6 is 11.6 Å². The molecule has 5 nitrogen and oxygen atoms in total. The standard InChI is InChI=1S/C17H15ClF2N2O3S/c18-13-6-4-12(5-7-13)17(23)21-8-10-22(11-9-21)26(24,25)16-14(19)2-1-3-15(16)20/h1-7H,8-11H2. The monoisotopic (exact) mass is 400 g/mol. The minimum absolute atomic E-state index is 0.0462. The molecule has 0 unspecified atom stereocenters. The second-order valence-corrected chi connectivity index (χ2v) is 8.07. The maximum atomic E-state index is 13.8. The van der Waals surface area contributed by atoms with Crippen LogP contribution in [0.5, 0.6) is 0 Å². The Morgan fingerprint density at radius 3 is 2.00 bits per heavy atom. The van der Waals surface area contributed by atoms with Gasteiger partial charge in [0.05, 0.1) is 0 Å². The van der Waals surface area contributed by atoms with E-state index in [1.165, 1.54) is 4.90 Å². The first kappa shape index (κ1) is 18.8. The Bertz CT molecular complexity index is 907. The van der Waals surface area contributed by atoms with Gasteiger partial charge < -0.3 is 4.90 Å². The number of nitrogens with zero attached hydrogens (tertiary/aromatic N) is 2. The summed E-state index contributed by atoms with van der Waals surface area (Å²) in [6.45, 7) is 0.151. The Morgan fingerprint density at radius 1 is 0.923 bits per heavy atom. The van der Waals surface area contributed by atoms with Crippen molar-refractivity contribution in [2.24, 2.45) is 0 Å². The molecule has 138 valence electrons. The van der Waals surface area contributed by atoms with Crippen molar-refractivity contribution in [3.8, 4) is 0 Å². The van der Waals surface area contributed by atoms with E-state index in [2.05, 4.69) is 0 Å². The molecule has 26 heavy (non-hydrogen) atoms. The maximum absolute atomic E-state index is 13.8. The third-order valence-electron chi connectivity index (χ3n) is 4.13. The number of carbonyl (C=O) groups excluding carboxylic acids is 1. The number of piperazine rings is 1. The predicted molar refractivity (Wildman–Crippen MR) is 92.5 cm³/mol. The fourth-order valence-electron chi connectivity index (χ4n) is 2.76. The molecule has 9 heteroatoms. The van der Waals surface area contributed by atoms with Crippen LogP contribution in [0.3, 0.4) is 0 Å². The highest BCUT2D eigenvalue weighted by Crippen LogP contribution is 2.24. The molecule has 3 rings (SSSR count). The summed E-state index contributed by atoms with van der Waals surface area (Å²) in [7, 11) is -4.31. The van der Waals surface area contributed by atoms with Crippen LogP contribution in [0.1, 0.15) is 10.4 Å². The number of carbonyl (C=O) groups is 1. The molecule has 0 radical (unpaired) electrons. The smallest absolute Gasteiger partial charge is 0.253 e. The summed E-state index contributed by atoms with van der Waals surface area (Å²) < 4.78 is 53.7. The molecule has 0 N–H and O–H groups in total. The van der Waals surface area contributed by atoms with Crippen molar-refractivity contribution < 1.29 is 22.0 Å². The number of halogens is 3. The van der Waals surface area contributed by atoms with Crippen molar-refractivity contribution in [3.05, 3.63) is 64.7 Å². The second kappa shape index (κ2) is 7.30. The third-order valence-corrected chi connectivity index (χ3v) is 6.34. The molecule has 1 aliphatic rings. The fraction of sp³-hybridized carbons (Fsp3) is 0.235. The van der Waals surface area contributed by atoms with Crippen LogP contribution in [0.25, 0.3) is 0 Å². The molecule has 1 heterocycles. The minimum Gasteiger partial charge on any atom is -0.336 e. The van der Waals surface area contributed by atoms with Gasteiger partial charge in [0.25, 0.3) is 5.91 Å². The van der Waals surface area contributed by atoms with Crippen molar-refractivity contribution in [2.45, 2.75) is 4.90 Å². The number of benzene rings is 2. The van der Waals surface area contributed by atoms with Crippen LogP contribution in [0.4, 0.5) is 8.78 Å². The zero-order chi connectivity index (χ0) is 18.9. The number of sulfonamides is 1. The molecule has 0 saturated carbocycles. The van der Waals surface area contributed by atoms with Crippen LogP contribution < -0.4 is 0 Å². The van der Waals surface area contributed by atoms with Gasteiger partial charge in [-0.25, -0.2) is 17.2 Å². The lowest BCUT2D eigenvalue weighted by Gasteiger charge is -2.34. The SMILES string of the molecule is O=C(c1ccc(Cl)cc1)N1CCN(S(=O)(=O)c2c(F)cccc2F)CC1. The molecule has 0 spiro atoms. The van der Waals surface area contributed by atoms with Gasteiger partial charge in [-0.2, -0.15) is 4.31 Å². The molecule has 1 saturated heterocycles. The molecule has 1 amide bonds. The lowest BCUT2D eigenvalue weighted by Crippen LogP contribution is -2.50. The molecule has 0 bridgehead atoms. The highest BCUT2D eigenvalue weighted by molar-refractivity contribution is 7.89. The van der Waals surface area contributed by atoms with Crippen molar-refractivity contribution in [1.29, 1.82) is 0 Å². The molecule has 0 aromatic heterocycles. The van der Waals surface area contributed by atoms with Crippen LogP contribution in [0.2, 0.25) is 5.02 Å². The number of rotatable bonds is 3. The number of hydrogen-bond acceptors (Lipinski definition) is 3. The van der Waals surface area contributed by atoms with E-state index >= 15 is 0 Å². The van der Waals surface area contributed by atoms with Gasteiger partial charge in [-0.1, -0.05) is 17.7 Å². The average Bonchev–Trinajstić information content (AvgIpc) is 2.61. The summed E-state index contributed by atoms with van der Waals surface area (Å²) in [5.41, 5.74) is 0.436. The van der Waals surface area contributed by atoms with Gasteiger partial charge in [-0.05, 0) is 36.4 Å². The lowest BCUT2D eigenvalue weighted by atomic mass is 10.2.